The van der Waals surface area contributed by atoms with Crippen LogP contribution in [0.3, 0.4) is 0 Å². The number of aromatic nitrogens is 2. The summed E-state index contributed by atoms with van der Waals surface area (Å²) in [5.74, 6) is -0.0325. The van der Waals surface area contributed by atoms with Gasteiger partial charge in [0.2, 0.25) is 0 Å². The molecule has 0 atom stereocenters. The van der Waals surface area contributed by atoms with Crippen molar-refractivity contribution in [1.82, 2.24) is 10.2 Å². The molecule has 0 radical (unpaired) electrons. The molecule has 0 bridgehead atoms. The highest BCUT2D eigenvalue weighted by Gasteiger charge is 2.15. The van der Waals surface area contributed by atoms with Crippen LogP contribution in [-0.4, -0.2) is 15.3 Å². The number of aromatic hydroxyl groups is 1. The van der Waals surface area contributed by atoms with Gasteiger partial charge in [0.25, 0.3) is 0 Å². The van der Waals surface area contributed by atoms with E-state index in [0.717, 1.165) is 5.56 Å². The van der Waals surface area contributed by atoms with Gasteiger partial charge in [-0.25, -0.2) is 0 Å². The smallest absolute Gasteiger partial charge is 0.127 e. The maximum Gasteiger partial charge on any atom is 0.127 e. The van der Waals surface area contributed by atoms with E-state index in [1.54, 1.807) is 30.3 Å². The standard InChI is InChI=1S/C15H8Cl4N2O/c16-7-1-2-9(10(18)3-7)12-6-13(21-20-12)15-11(19)4-8(17)5-14(15)22/h1-6,22H,(H,20,21). The van der Waals surface area contributed by atoms with Crippen molar-refractivity contribution in [2.45, 2.75) is 0 Å². The van der Waals surface area contributed by atoms with Crippen molar-refractivity contribution in [3.63, 3.8) is 0 Å². The summed E-state index contributed by atoms with van der Waals surface area (Å²) in [5.41, 5.74) is 2.32. The Morgan fingerprint density at radius 2 is 1.59 bits per heavy atom. The van der Waals surface area contributed by atoms with Crippen LogP contribution in [0.2, 0.25) is 20.1 Å². The van der Waals surface area contributed by atoms with E-state index in [9.17, 15) is 5.11 Å². The molecule has 3 rings (SSSR count). The van der Waals surface area contributed by atoms with Crippen molar-refractivity contribution in [2.24, 2.45) is 0 Å². The highest BCUT2D eigenvalue weighted by molar-refractivity contribution is 6.37. The molecule has 22 heavy (non-hydrogen) atoms. The number of benzene rings is 2. The maximum atomic E-state index is 10.0. The number of rotatable bonds is 2. The van der Waals surface area contributed by atoms with Crippen LogP contribution in [0.25, 0.3) is 22.5 Å². The minimum Gasteiger partial charge on any atom is -0.507 e. The van der Waals surface area contributed by atoms with Gasteiger partial charge in [0.05, 0.1) is 27.0 Å². The number of hydrogen-bond donors (Lipinski definition) is 2. The van der Waals surface area contributed by atoms with Crippen LogP contribution in [0.15, 0.2) is 36.4 Å². The minimum atomic E-state index is -0.0325. The summed E-state index contributed by atoms with van der Waals surface area (Å²) < 4.78 is 0. The highest BCUT2D eigenvalue weighted by atomic mass is 35.5. The molecule has 112 valence electrons. The van der Waals surface area contributed by atoms with Crippen LogP contribution in [0.1, 0.15) is 0 Å². The lowest BCUT2D eigenvalue weighted by atomic mass is 10.1. The Morgan fingerprint density at radius 1 is 0.864 bits per heavy atom. The topological polar surface area (TPSA) is 48.9 Å². The highest BCUT2D eigenvalue weighted by Crippen LogP contribution is 2.39. The summed E-state index contributed by atoms with van der Waals surface area (Å²) in [5, 5.41) is 18.8. The Bertz CT molecular complexity index is 837. The Labute approximate surface area is 146 Å². The molecule has 0 saturated carbocycles. The average molecular weight is 374 g/mol. The summed E-state index contributed by atoms with van der Waals surface area (Å²) in [4.78, 5) is 0. The van der Waals surface area contributed by atoms with Crippen LogP contribution < -0.4 is 0 Å². The van der Waals surface area contributed by atoms with Gasteiger partial charge in [0.1, 0.15) is 5.75 Å². The summed E-state index contributed by atoms with van der Waals surface area (Å²) in [6.45, 7) is 0. The van der Waals surface area contributed by atoms with Crippen molar-refractivity contribution >= 4 is 46.4 Å². The van der Waals surface area contributed by atoms with E-state index in [0.29, 0.717) is 37.0 Å². The molecule has 0 fully saturated rings. The molecule has 0 amide bonds. The summed E-state index contributed by atoms with van der Waals surface area (Å²) in [6.07, 6.45) is 0. The van der Waals surface area contributed by atoms with Crippen LogP contribution in [0, 0.1) is 0 Å². The molecule has 3 nitrogen and oxygen atoms in total. The third-order valence-corrected chi connectivity index (χ3v) is 4.15. The molecular weight excluding hydrogens is 366 g/mol. The molecular formula is C15H8Cl4N2O. The van der Waals surface area contributed by atoms with Gasteiger partial charge >= 0.3 is 0 Å². The van der Waals surface area contributed by atoms with Crippen LogP contribution >= 0.6 is 46.4 Å². The van der Waals surface area contributed by atoms with Crippen molar-refractivity contribution in [2.75, 3.05) is 0 Å². The fourth-order valence-electron chi connectivity index (χ4n) is 2.11. The summed E-state index contributed by atoms with van der Waals surface area (Å²) in [7, 11) is 0. The first-order chi connectivity index (χ1) is 10.5. The molecule has 2 N–H and O–H groups in total. The van der Waals surface area contributed by atoms with E-state index in [1.807, 2.05) is 0 Å². The van der Waals surface area contributed by atoms with Crippen LogP contribution in [0.5, 0.6) is 5.75 Å². The van der Waals surface area contributed by atoms with Crippen LogP contribution in [0.4, 0.5) is 0 Å². The van der Waals surface area contributed by atoms with Gasteiger partial charge < -0.3 is 5.11 Å². The molecule has 0 unspecified atom stereocenters. The lowest BCUT2D eigenvalue weighted by Crippen LogP contribution is -1.82. The van der Waals surface area contributed by atoms with Gasteiger partial charge in [0.15, 0.2) is 0 Å². The van der Waals surface area contributed by atoms with Gasteiger partial charge in [-0.1, -0.05) is 46.4 Å². The molecule has 3 aromatic rings. The second-order valence-electron chi connectivity index (χ2n) is 4.57. The summed E-state index contributed by atoms with van der Waals surface area (Å²) >= 11 is 24.0. The first kappa shape index (κ1) is 15.5. The zero-order valence-electron chi connectivity index (χ0n) is 10.9. The molecule has 0 aliphatic rings. The number of nitrogens with zero attached hydrogens (tertiary/aromatic N) is 1. The van der Waals surface area contributed by atoms with Gasteiger partial charge in [-0.05, 0) is 36.4 Å². The normalized spacial score (nSPS) is 10.9. The molecule has 0 aliphatic heterocycles. The lowest BCUT2D eigenvalue weighted by molar-refractivity contribution is 0.477. The van der Waals surface area contributed by atoms with Gasteiger partial charge in [-0.2, -0.15) is 5.10 Å². The van der Waals surface area contributed by atoms with E-state index in [-0.39, 0.29) is 5.75 Å². The van der Waals surface area contributed by atoms with Gasteiger partial charge in [-0.15, -0.1) is 0 Å². The predicted molar refractivity (Wildman–Crippen MR) is 91.2 cm³/mol. The van der Waals surface area contributed by atoms with E-state index in [1.165, 1.54) is 6.07 Å². The Hall–Kier alpha value is -1.39. The van der Waals surface area contributed by atoms with Crippen LogP contribution in [-0.2, 0) is 0 Å². The number of H-pyrrole nitrogens is 1. The molecule has 0 spiro atoms. The quantitative estimate of drug-likeness (QED) is 0.573. The molecule has 1 heterocycles. The molecule has 1 aromatic heterocycles. The van der Waals surface area contributed by atoms with Crippen molar-refractivity contribution in [1.29, 1.82) is 0 Å². The molecule has 7 heteroatoms. The minimum absolute atomic E-state index is 0.0325. The third-order valence-electron chi connectivity index (χ3n) is 3.09. The Kier molecular flexibility index (Phi) is 4.24. The van der Waals surface area contributed by atoms with Crippen molar-refractivity contribution < 1.29 is 5.11 Å². The van der Waals surface area contributed by atoms with Crippen molar-refractivity contribution in [3.05, 3.63) is 56.5 Å². The molecule has 0 aliphatic carbocycles. The number of aromatic amines is 1. The molecule has 2 aromatic carbocycles. The number of nitrogens with one attached hydrogen (secondary N) is 1. The summed E-state index contributed by atoms with van der Waals surface area (Å²) in [6, 6.07) is 9.84. The maximum absolute atomic E-state index is 10.0. The first-order valence-electron chi connectivity index (χ1n) is 6.15. The third kappa shape index (κ3) is 2.90. The fourth-order valence-corrected chi connectivity index (χ4v) is 3.20. The Morgan fingerprint density at radius 3 is 2.27 bits per heavy atom. The predicted octanol–water partition coefficient (Wildman–Crippen LogP) is 6.06. The van der Waals surface area contributed by atoms with E-state index >= 15 is 0 Å². The molecule has 0 saturated heterocycles. The van der Waals surface area contributed by atoms with Gasteiger partial charge in [-0.3, -0.25) is 5.10 Å². The number of phenols is 1. The number of hydrogen-bond acceptors (Lipinski definition) is 2. The fraction of sp³-hybridized carbons (Fsp3) is 0. The van der Waals surface area contributed by atoms with E-state index in [4.69, 9.17) is 46.4 Å². The van der Waals surface area contributed by atoms with E-state index < -0.39 is 0 Å². The van der Waals surface area contributed by atoms with Gasteiger partial charge in [0, 0.05) is 15.6 Å². The average Bonchev–Trinajstić information content (AvgIpc) is 2.86. The Balaban J connectivity index is 2.08. The lowest BCUT2D eigenvalue weighted by Gasteiger charge is -2.05. The van der Waals surface area contributed by atoms with E-state index in [2.05, 4.69) is 10.2 Å². The monoisotopic (exact) mass is 372 g/mol. The second-order valence-corrected chi connectivity index (χ2v) is 6.26. The van der Waals surface area contributed by atoms with Crippen molar-refractivity contribution in [3.8, 4) is 28.3 Å². The second kappa shape index (κ2) is 6.01. The zero-order chi connectivity index (χ0) is 15.9. The number of halogens is 4. The SMILES string of the molecule is Oc1cc(Cl)cc(Cl)c1-c1cc(-c2ccc(Cl)cc2Cl)n[nH]1. The number of phenolic OH excluding ortho intramolecular Hbond substituents is 1. The largest absolute Gasteiger partial charge is 0.507 e. The zero-order valence-corrected chi connectivity index (χ0v) is 13.9. The first-order valence-corrected chi connectivity index (χ1v) is 7.66.